The second-order valence-electron chi connectivity index (χ2n) is 8.70. The Morgan fingerprint density at radius 2 is 2.16 bits per heavy atom. The van der Waals surface area contributed by atoms with Crippen LogP contribution in [0, 0.1) is 5.82 Å². The quantitative estimate of drug-likeness (QED) is 0.219. The molecule has 0 aliphatic heterocycles. The fourth-order valence-corrected chi connectivity index (χ4v) is 4.08. The maximum absolute atomic E-state index is 15.0. The molecule has 1 aliphatic rings. The van der Waals surface area contributed by atoms with Gasteiger partial charge in [0.1, 0.15) is 11.3 Å². The number of ether oxygens (including phenoxy) is 1. The molecule has 0 unspecified atom stereocenters. The van der Waals surface area contributed by atoms with E-state index in [2.05, 4.69) is 38.2 Å². The van der Waals surface area contributed by atoms with Crippen LogP contribution in [0.15, 0.2) is 59.4 Å². The molecule has 1 saturated carbocycles. The van der Waals surface area contributed by atoms with E-state index < -0.39 is 11.7 Å². The fraction of sp³-hybridized carbons (Fsp3) is 0.280. The number of hydrazine groups is 1. The number of halogens is 1. The molecule has 192 valence electrons. The molecule has 1 amide bonds. The first-order valence-corrected chi connectivity index (χ1v) is 11.8. The van der Waals surface area contributed by atoms with E-state index in [0.29, 0.717) is 18.0 Å². The van der Waals surface area contributed by atoms with Crippen molar-refractivity contribution in [3.05, 3.63) is 77.6 Å². The highest BCUT2D eigenvalue weighted by atomic mass is 19.1. The third-order valence-electron chi connectivity index (χ3n) is 6.19. The highest BCUT2D eigenvalue weighted by Crippen LogP contribution is 2.39. The predicted molar refractivity (Wildman–Crippen MR) is 132 cm³/mol. The lowest BCUT2D eigenvalue weighted by molar-refractivity contribution is -0.117. The van der Waals surface area contributed by atoms with Crippen molar-refractivity contribution >= 4 is 11.6 Å². The maximum atomic E-state index is 15.0. The molecule has 4 aromatic rings. The van der Waals surface area contributed by atoms with E-state index in [-0.39, 0.29) is 29.4 Å². The number of benzene rings is 1. The number of hydrogen-bond donors (Lipinski definition) is 3. The van der Waals surface area contributed by atoms with Crippen LogP contribution in [0.25, 0.3) is 17.1 Å². The minimum Gasteiger partial charge on any atom is -0.494 e. The number of nitrogens with two attached hydrogens (primary N) is 1. The smallest absolute Gasteiger partial charge is 0.268 e. The minimum absolute atomic E-state index is 0.0223. The molecule has 0 saturated heterocycles. The molecule has 5 rings (SSSR count). The van der Waals surface area contributed by atoms with Crippen LogP contribution in [0.1, 0.15) is 35.6 Å². The van der Waals surface area contributed by atoms with Crippen molar-refractivity contribution in [2.45, 2.75) is 31.8 Å². The lowest BCUT2D eigenvalue weighted by Crippen LogP contribution is -2.34. The van der Waals surface area contributed by atoms with Crippen LogP contribution in [0.4, 0.5) is 4.39 Å². The third-order valence-corrected chi connectivity index (χ3v) is 6.19. The normalized spacial score (nSPS) is 13.6. The molecule has 37 heavy (non-hydrogen) atoms. The van der Waals surface area contributed by atoms with Crippen LogP contribution in [0.2, 0.25) is 0 Å². The molecule has 0 radical (unpaired) electrons. The number of amides is 1. The van der Waals surface area contributed by atoms with Gasteiger partial charge in [0.2, 0.25) is 12.3 Å². The Balaban J connectivity index is 1.28. The molecule has 1 aliphatic carbocycles. The summed E-state index contributed by atoms with van der Waals surface area (Å²) in [5.41, 5.74) is 12.4. The van der Waals surface area contributed by atoms with Crippen molar-refractivity contribution in [2.75, 3.05) is 14.2 Å². The van der Waals surface area contributed by atoms with Gasteiger partial charge >= 0.3 is 0 Å². The van der Waals surface area contributed by atoms with E-state index in [0.717, 1.165) is 17.7 Å². The van der Waals surface area contributed by atoms with Crippen LogP contribution in [0.3, 0.4) is 0 Å². The number of methoxy groups -OCH3 is 1. The topological polar surface area (TPSA) is 136 Å². The zero-order valence-electron chi connectivity index (χ0n) is 20.4. The Morgan fingerprint density at radius 3 is 2.86 bits per heavy atom. The Labute approximate surface area is 212 Å². The zero-order valence-corrected chi connectivity index (χ0v) is 20.4. The van der Waals surface area contributed by atoms with Crippen molar-refractivity contribution in [3.8, 4) is 17.2 Å². The number of pyridine rings is 1. The standard InChI is InChI=1S/C25H27FN8O3/c1-28-34(12-17-11-33-10-16(15-3-4-15)5-8-22(33)31-17)13-20(27)24(35)29-9-19-18(25-32-30-14-37-25)6-7-21(36-2)23(19)26/h5-8,10-11,13-15,28H,3-4,9,12,27H2,1-2H3,(H,29,35)/b20-13-. The molecule has 4 N–H and O–H groups in total. The first-order chi connectivity index (χ1) is 18.0. The minimum atomic E-state index is -0.644. The lowest BCUT2D eigenvalue weighted by atomic mass is 10.1. The molecule has 0 bridgehead atoms. The summed E-state index contributed by atoms with van der Waals surface area (Å²) in [6.45, 7) is 0.195. The Morgan fingerprint density at radius 1 is 1.32 bits per heavy atom. The summed E-state index contributed by atoms with van der Waals surface area (Å²) < 4.78 is 27.3. The number of fused-ring (bicyclic) bond motifs is 1. The van der Waals surface area contributed by atoms with Gasteiger partial charge in [-0.05, 0) is 42.5 Å². The van der Waals surface area contributed by atoms with Crippen LogP contribution >= 0.6 is 0 Å². The average molecular weight is 507 g/mol. The van der Waals surface area contributed by atoms with E-state index in [1.54, 1.807) is 18.1 Å². The molecule has 0 spiro atoms. The molecule has 1 aromatic carbocycles. The van der Waals surface area contributed by atoms with Crippen LogP contribution in [-0.4, -0.2) is 44.7 Å². The van der Waals surface area contributed by atoms with Crippen molar-refractivity contribution < 1.29 is 18.3 Å². The monoisotopic (exact) mass is 506 g/mol. The van der Waals surface area contributed by atoms with Crippen molar-refractivity contribution in [3.63, 3.8) is 0 Å². The highest BCUT2D eigenvalue weighted by molar-refractivity contribution is 5.92. The first-order valence-electron chi connectivity index (χ1n) is 11.8. The lowest BCUT2D eigenvalue weighted by Gasteiger charge is -2.18. The van der Waals surface area contributed by atoms with Gasteiger partial charge in [-0.15, -0.1) is 10.2 Å². The van der Waals surface area contributed by atoms with Crippen LogP contribution < -0.4 is 21.2 Å². The molecular weight excluding hydrogens is 479 g/mol. The second-order valence-corrected chi connectivity index (χ2v) is 8.70. The second kappa shape index (κ2) is 10.3. The molecular formula is C25H27FN8O3. The van der Waals surface area contributed by atoms with E-state index in [4.69, 9.17) is 14.9 Å². The van der Waals surface area contributed by atoms with Crippen molar-refractivity contribution in [1.82, 2.24) is 35.3 Å². The summed E-state index contributed by atoms with van der Waals surface area (Å²) >= 11 is 0. The Hall–Kier alpha value is -4.45. The van der Waals surface area contributed by atoms with Gasteiger partial charge in [0.05, 0.1) is 19.3 Å². The van der Waals surface area contributed by atoms with Gasteiger partial charge in [0.15, 0.2) is 11.6 Å². The number of aromatic nitrogens is 4. The summed E-state index contributed by atoms with van der Waals surface area (Å²) in [4.78, 5) is 17.4. The molecule has 3 aromatic heterocycles. The summed E-state index contributed by atoms with van der Waals surface area (Å²) in [6, 6.07) is 7.17. The van der Waals surface area contributed by atoms with Gasteiger partial charge in [0, 0.05) is 43.3 Å². The van der Waals surface area contributed by atoms with Gasteiger partial charge in [-0.2, -0.15) is 0 Å². The number of carbonyl (C=O) groups is 1. The summed E-state index contributed by atoms with van der Waals surface area (Å²) in [6.07, 6.45) is 9.15. The highest BCUT2D eigenvalue weighted by Gasteiger charge is 2.24. The largest absolute Gasteiger partial charge is 0.494 e. The number of rotatable bonds is 10. The van der Waals surface area contributed by atoms with Gasteiger partial charge in [-0.25, -0.2) is 14.8 Å². The van der Waals surface area contributed by atoms with Gasteiger partial charge in [0.25, 0.3) is 5.91 Å². The SMILES string of the molecule is CNN(/C=C(\N)C(=O)NCc1c(-c2nnco2)ccc(OC)c1F)Cc1cn2cc(C3CC3)ccc2n1. The molecule has 0 atom stereocenters. The van der Waals surface area contributed by atoms with Gasteiger partial charge < -0.3 is 29.6 Å². The van der Waals surface area contributed by atoms with E-state index in [1.165, 1.54) is 37.8 Å². The number of hydrogen-bond acceptors (Lipinski definition) is 9. The number of nitrogens with zero attached hydrogens (tertiary/aromatic N) is 5. The summed E-state index contributed by atoms with van der Waals surface area (Å²) in [7, 11) is 3.07. The number of nitrogens with one attached hydrogen (secondary N) is 2. The van der Waals surface area contributed by atoms with E-state index >= 15 is 4.39 Å². The fourth-order valence-electron chi connectivity index (χ4n) is 4.08. The maximum Gasteiger partial charge on any atom is 0.268 e. The van der Waals surface area contributed by atoms with E-state index in [1.807, 2.05) is 16.7 Å². The van der Waals surface area contributed by atoms with Gasteiger partial charge in [-0.1, -0.05) is 6.07 Å². The summed E-state index contributed by atoms with van der Waals surface area (Å²) in [5, 5.41) is 11.8. The zero-order chi connectivity index (χ0) is 25.9. The van der Waals surface area contributed by atoms with Gasteiger partial charge in [-0.3, -0.25) is 4.79 Å². The van der Waals surface area contributed by atoms with Crippen molar-refractivity contribution in [2.24, 2.45) is 5.73 Å². The Kier molecular flexibility index (Phi) is 6.73. The number of carbonyl (C=O) groups excluding carboxylic acids is 1. The predicted octanol–water partition coefficient (Wildman–Crippen LogP) is 2.46. The average Bonchev–Trinajstić information content (AvgIpc) is 3.45. The van der Waals surface area contributed by atoms with E-state index in [9.17, 15) is 4.79 Å². The van der Waals surface area contributed by atoms with Crippen molar-refractivity contribution in [1.29, 1.82) is 0 Å². The molecule has 12 heteroatoms. The van der Waals surface area contributed by atoms with Crippen LogP contribution in [0.5, 0.6) is 5.75 Å². The molecule has 11 nitrogen and oxygen atoms in total. The third kappa shape index (κ3) is 5.23. The molecule has 3 heterocycles. The summed E-state index contributed by atoms with van der Waals surface area (Å²) in [5.74, 6) is -0.432. The first kappa shape index (κ1) is 24.3. The van der Waals surface area contributed by atoms with Crippen LogP contribution in [-0.2, 0) is 17.9 Å². The number of imidazole rings is 1. The Bertz CT molecular complexity index is 1450. The molecule has 1 fully saturated rings.